The Kier molecular flexibility index (Phi) is 5.44. The van der Waals surface area contributed by atoms with Gasteiger partial charge in [-0.2, -0.15) is 5.10 Å². The normalized spacial score (nSPS) is 16.7. The third-order valence-electron chi connectivity index (χ3n) is 5.33. The molecule has 0 radical (unpaired) electrons. The van der Waals surface area contributed by atoms with Gasteiger partial charge < -0.3 is 15.0 Å². The Morgan fingerprint density at radius 2 is 2.17 bits per heavy atom. The molecule has 0 bridgehead atoms. The van der Waals surface area contributed by atoms with Crippen molar-refractivity contribution < 1.29 is 18.7 Å². The largest absolute Gasteiger partial charge is 0.464 e. The second-order valence-electron chi connectivity index (χ2n) is 7.11. The molecule has 7 nitrogen and oxygen atoms in total. The molecule has 3 aromatic rings. The molecular weight excluding hydrogens is 411 g/mol. The van der Waals surface area contributed by atoms with Crippen LogP contribution < -0.4 is 10.2 Å². The number of aromatic nitrogens is 2. The highest BCUT2D eigenvalue weighted by Gasteiger charge is 2.25. The van der Waals surface area contributed by atoms with E-state index in [4.69, 9.17) is 16.3 Å². The van der Waals surface area contributed by atoms with Gasteiger partial charge in [0.15, 0.2) is 12.0 Å². The van der Waals surface area contributed by atoms with Gasteiger partial charge in [-0.1, -0.05) is 11.6 Å². The van der Waals surface area contributed by atoms with Gasteiger partial charge in [0.05, 0.1) is 34.6 Å². The first kappa shape index (κ1) is 20.3. The first-order valence-electron chi connectivity index (χ1n) is 9.48. The molecule has 1 unspecified atom stereocenters. The Hall–Kier alpha value is -2.97. The van der Waals surface area contributed by atoms with Gasteiger partial charge in [0.2, 0.25) is 0 Å². The molecule has 1 fully saturated rings. The number of piperazine rings is 1. The van der Waals surface area contributed by atoms with Gasteiger partial charge >= 0.3 is 5.97 Å². The smallest absolute Gasteiger partial charge is 0.356 e. The number of halogens is 2. The van der Waals surface area contributed by atoms with Crippen molar-refractivity contribution >= 4 is 35.1 Å². The monoisotopic (exact) mass is 430 g/mol. The molecule has 3 heterocycles. The van der Waals surface area contributed by atoms with Gasteiger partial charge in [0.25, 0.3) is 0 Å². The van der Waals surface area contributed by atoms with E-state index in [0.717, 1.165) is 13.1 Å². The molecule has 156 valence electrons. The highest BCUT2D eigenvalue weighted by atomic mass is 35.5. The molecule has 0 spiro atoms. The van der Waals surface area contributed by atoms with Gasteiger partial charge in [0, 0.05) is 31.2 Å². The van der Waals surface area contributed by atoms with Crippen molar-refractivity contribution in [2.75, 3.05) is 31.6 Å². The highest BCUT2D eigenvalue weighted by Crippen LogP contribution is 2.32. The molecule has 4 rings (SSSR count). The maximum Gasteiger partial charge on any atom is 0.356 e. The quantitative estimate of drug-likeness (QED) is 0.506. The van der Waals surface area contributed by atoms with E-state index in [9.17, 15) is 9.59 Å². The lowest BCUT2D eigenvalue weighted by Gasteiger charge is -2.36. The fourth-order valence-corrected chi connectivity index (χ4v) is 4.02. The number of fused-ring (bicyclic) bond motifs is 1. The van der Waals surface area contributed by atoms with Crippen LogP contribution in [0.5, 0.6) is 0 Å². The molecule has 1 saturated heterocycles. The number of anilines is 1. The predicted octanol–water partition coefficient (Wildman–Crippen LogP) is 3.19. The molecule has 1 aliphatic rings. The Morgan fingerprint density at radius 3 is 2.87 bits per heavy atom. The van der Waals surface area contributed by atoms with E-state index in [2.05, 4.69) is 10.4 Å². The summed E-state index contributed by atoms with van der Waals surface area (Å²) in [5, 5.41) is 7.98. The maximum atomic E-state index is 15.4. The van der Waals surface area contributed by atoms with Crippen molar-refractivity contribution in [3.8, 4) is 11.3 Å². The molecule has 0 amide bonds. The molecule has 30 heavy (non-hydrogen) atoms. The summed E-state index contributed by atoms with van der Waals surface area (Å²) in [5.41, 5.74) is 1.58. The summed E-state index contributed by atoms with van der Waals surface area (Å²) in [5.74, 6) is -1.27. The number of carbonyl (C=O) groups excluding carboxylic acids is 2. The zero-order chi connectivity index (χ0) is 21.4. The van der Waals surface area contributed by atoms with Crippen LogP contribution in [0, 0.1) is 5.82 Å². The number of ether oxygens (including phenoxy) is 1. The summed E-state index contributed by atoms with van der Waals surface area (Å²) >= 11 is 6.18. The third-order valence-corrected chi connectivity index (χ3v) is 5.63. The van der Waals surface area contributed by atoms with Gasteiger partial charge in [0.1, 0.15) is 5.82 Å². The summed E-state index contributed by atoms with van der Waals surface area (Å²) < 4.78 is 21.5. The second kappa shape index (κ2) is 8.04. The van der Waals surface area contributed by atoms with E-state index in [1.54, 1.807) is 24.3 Å². The number of carbonyl (C=O) groups is 2. The summed E-state index contributed by atoms with van der Waals surface area (Å²) in [4.78, 5) is 25.8. The van der Waals surface area contributed by atoms with Crippen molar-refractivity contribution in [1.29, 1.82) is 0 Å². The van der Waals surface area contributed by atoms with E-state index in [-0.39, 0.29) is 28.6 Å². The van der Waals surface area contributed by atoms with Crippen LogP contribution in [-0.4, -0.2) is 54.7 Å². The Labute approximate surface area is 177 Å². The SMILES string of the molecule is COC(=O)c1cc(Cl)c2ccc(-c3ccc(N4CCNCC4C)c(C=O)c3F)nn12. The summed E-state index contributed by atoms with van der Waals surface area (Å²) in [6.07, 6.45) is 0.536. The maximum absolute atomic E-state index is 15.4. The number of nitrogens with one attached hydrogen (secondary N) is 1. The Balaban J connectivity index is 1.83. The first-order chi connectivity index (χ1) is 14.5. The average Bonchev–Trinajstić information content (AvgIpc) is 3.09. The van der Waals surface area contributed by atoms with Crippen LogP contribution in [0.15, 0.2) is 30.3 Å². The lowest BCUT2D eigenvalue weighted by molar-refractivity contribution is 0.0591. The zero-order valence-electron chi connectivity index (χ0n) is 16.5. The van der Waals surface area contributed by atoms with Crippen LogP contribution in [0.25, 0.3) is 16.8 Å². The number of hydrogen-bond donors (Lipinski definition) is 1. The minimum atomic E-state index is -0.655. The molecule has 0 saturated carbocycles. The molecule has 0 aliphatic carbocycles. The van der Waals surface area contributed by atoms with Crippen LogP contribution in [0.1, 0.15) is 27.8 Å². The van der Waals surface area contributed by atoms with Gasteiger partial charge in [-0.3, -0.25) is 4.79 Å². The lowest BCUT2D eigenvalue weighted by Crippen LogP contribution is -2.50. The van der Waals surface area contributed by atoms with E-state index in [1.807, 2.05) is 11.8 Å². The van der Waals surface area contributed by atoms with E-state index in [0.29, 0.717) is 29.1 Å². The van der Waals surface area contributed by atoms with Crippen LogP contribution in [0.4, 0.5) is 10.1 Å². The van der Waals surface area contributed by atoms with Crippen molar-refractivity contribution in [3.05, 3.63) is 52.4 Å². The topological polar surface area (TPSA) is 75.9 Å². The van der Waals surface area contributed by atoms with E-state index in [1.165, 1.54) is 17.7 Å². The average molecular weight is 431 g/mol. The summed E-state index contributed by atoms with van der Waals surface area (Å²) in [7, 11) is 1.26. The van der Waals surface area contributed by atoms with Gasteiger partial charge in [-0.05, 0) is 37.3 Å². The van der Waals surface area contributed by atoms with Crippen molar-refractivity contribution in [1.82, 2.24) is 14.9 Å². The third kappa shape index (κ3) is 3.32. The number of rotatable bonds is 4. The Morgan fingerprint density at radius 1 is 1.37 bits per heavy atom. The summed E-state index contributed by atoms with van der Waals surface area (Å²) in [6.45, 7) is 4.21. The molecule has 1 atom stereocenters. The fraction of sp³-hybridized carbons (Fsp3) is 0.286. The van der Waals surface area contributed by atoms with E-state index < -0.39 is 11.8 Å². The predicted molar refractivity (Wildman–Crippen MR) is 112 cm³/mol. The fourth-order valence-electron chi connectivity index (χ4n) is 3.78. The minimum Gasteiger partial charge on any atom is -0.464 e. The summed E-state index contributed by atoms with van der Waals surface area (Å²) in [6, 6.07) is 8.15. The van der Waals surface area contributed by atoms with Crippen molar-refractivity contribution in [2.24, 2.45) is 0 Å². The molecule has 9 heteroatoms. The zero-order valence-corrected chi connectivity index (χ0v) is 17.2. The first-order valence-corrected chi connectivity index (χ1v) is 9.86. The van der Waals surface area contributed by atoms with Crippen LogP contribution in [0.2, 0.25) is 5.02 Å². The standard InChI is InChI=1S/C21H20ClFN4O3/c1-12-10-24-7-8-26(12)17-5-3-13(20(23)14(17)11-28)16-4-6-18-15(22)9-19(21(29)30-2)27(18)25-16/h3-6,9,11-12,24H,7-8,10H2,1-2H3. The van der Waals surface area contributed by atoms with E-state index >= 15 is 4.39 Å². The number of hydrogen-bond acceptors (Lipinski definition) is 6. The van der Waals surface area contributed by atoms with Crippen LogP contribution >= 0.6 is 11.6 Å². The molecule has 1 N–H and O–H groups in total. The number of benzene rings is 1. The Bertz CT molecular complexity index is 1150. The van der Waals surface area contributed by atoms with Crippen molar-refractivity contribution in [2.45, 2.75) is 13.0 Å². The minimum absolute atomic E-state index is 0.0122. The van der Waals surface area contributed by atoms with Crippen LogP contribution in [0.3, 0.4) is 0 Å². The lowest BCUT2D eigenvalue weighted by atomic mass is 10.0. The number of esters is 1. The number of aldehydes is 1. The molecule has 1 aromatic carbocycles. The second-order valence-corrected chi connectivity index (χ2v) is 7.52. The van der Waals surface area contributed by atoms with Gasteiger partial charge in [-0.15, -0.1) is 0 Å². The van der Waals surface area contributed by atoms with Crippen molar-refractivity contribution in [3.63, 3.8) is 0 Å². The molecule has 1 aliphatic heterocycles. The highest BCUT2D eigenvalue weighted by molar-refractivity contribution is 6.34. The number of nitrogens with zero attached hydrogens (tertiary/aromatic N) is 3. The molecule has 2 aromatic heterocycles. The molecular formula is C21H20ClFN4O3. The van der Waals surface area contributed by atoms with Gasteiger partial charge in [-0.25, -0.2) is 13.7 Å². The number of methoxy groups -OCH3 is 1. The van der Waals surface area contributed by atoms with Crippen LogP contribution in [-0.2, 0) is 4.74 Å².